The maximum atomic E-state index is 13.0. The molecule has 0 aromatic rings. The van der Waals surface area contributed by atoms with Crippen molar-refractivity contribution >= 4 is 59.2 Å². The van der Waals surface area contributed by atoms with Gasteiger partial charge in [-0.1, -0.05) is 6.42 Å². The highest BCUT2D eigenvalue weighted by Gasteiger charge is 2.34. The van der Waals surface area contributed by atoms with Crippen LogP contribution >= 0.6 is 0 Å². The Hall–Kier alpha value is -5.34. The van der Waals surface area contributed by atoms with Gasteiger partial charge in [0.05, 0.1) is 116 Å². The first-order valence-electron chi connectivity index (χ1n) is 24.7. The summed E-state index contributed by atoms with van der Waals surface area (Å²) < 4.78 is 33.4. The summed E-state index contributed by atoms with van der Waals surface area (Å²) in [4.78, 5) is 134. The molecule has 418 valence electrons. The number of carbonyl (C=O) groups is 10. The molecule has 0 radical (unpaired) electrons. The molecule has 0 aliphatic carbocycles. The summed E-state index contributed by atoms with van der Waals surface area (Å²) in [7, 11) is 0. The van der Waals surface area contributed by atoms with Gasteiger partial charge in [-0.3, -0.25) is 43.3 Å². The third kappa shape index (κ3) is 23.9. The number of nitrogens with zero attached hydrogens (tertiary/aromatic N) is 3. The third-order valence-electron chi connectivity index (χ3n) is 11.4. The molecule has 6 atom stereocenters. The highest BCUT2D eigenvalue weighted by Crippen LogP contribution is 2.21. The predicted molar refractivity (Wildman–Crippen MR) is 245 cm³/mol. The van der Waals surface area contributed by atoms with E-state index in [1.807, 2.05) is 0 Å². The maximum absolute atomic E-state index is 13.0. The molecule has 4 fully saturated rings. The number of carbonyl (C=O) groups excluding carboxylic acids is 10. The number of aliphatic hydroxyl groups excluding tert-OH is 4. The lowest BCUT2D eigenvalue weighted by Crippen LogP contribution is -2.48. The first-order valence-corrected chi connectivity index (χ1v) is 24.7. The van der Waals surface area contributed by atoms with Crippen LogP contribution in [-0.2, 0) is 86.0 Å². The number of hydrogen-bond acceptors (Lipinski definition) is 23. The quantitative estimate of drug-likeness (QED) is 0.0219. The second-order valence-electron chi connectivity index (χ2n) is 17.7. The normalized spacial score (nSPS) is 22.1. The van der Waals surface area contributed by atoms with Gasteiger partial charge in [-0.05, 0) is 12.8 Å². The Morgan fingerprint density at radius 1 is 0.554 bits per heavy atom. The molecule has 8 N–H and O–H groups in total. The Kier molecular flexibility index (Phi) is 27.8. The van der Waals surface area contributed by atoms with Crippen LogP contribution in [0.2, 0.25) is 0 Å². The second-order valence-corrected chi connectivity index (χ2v) is 17.7. The number of rotatable bonds is 35. The molecule has 0 saturated carbocycles. The Bertz CT molecular complexity index is 1740. The molecule has 0 unspecified atom stereocenters. The van der Waals surface area contributed by atoms with Gasteiger partial charge in [-0.15, -0.1) is 10.1 Å². The number of nitrogens with one attached hydrogen (secondary N) is 4. The lowest BCUT2D eigenvalue weighted by atomic mass is 10.1. The molecule has 4 aliphatic heterocycles. The molecule has 74 heavy (non-hydrogen) atoms. The van der Waals surface area contributed by atoms with Crippen molar-refractivity contribution < 1.29 is 106 Å². The minimum atomic E-state index is -0.894. The van der Waals surface area contributed by atoms with Crippen molar-refractivity contribution in [1.82, 2.24) is 36.3 Å². The minimum Gasteiger partial charge on any atom is -0.394 e. The second kappa shape index (κ2) is 33.6. The zero-order valence-corrected chi connectivity index (χ0v) is 41.3. The van der Waals surface area contributed by atoms with E-state index in [1.165, 1.54) is 4.90 Å². The smallest absolute Gasteiger partial charge is 0.335 e. The minimum absolute atomic E-state index is 0.0131. The van der Waals surface area contributed by atoms with Crippen LogP contribution in [0.15, 0.2) is 0 Å². The average Bonchev–Trinajstić information content (AvgIpc) is 3.85. The van der Waals surface area contributed by atoms with Crippen molar-refractivity contribution in [3.63, 3.8) is 0 Å². The summed E-state index contributed by atoms with van der Waals surface area (Å²) in [5.74, 6) is -6.29. The summed E-state index contributed by atoms with van der Waals surface area (Å²) in [6, 6.07) is -0.788. The highest BCUT2D eigenvalue weighted by atomic mass is 16.7. The monoisotopic (exact) mass is 1060 g/mol. The van der Waals surface area contributed by atoms with Crippen molar-refractivity contribution in [3.8, 4) is 0 Å². The Morgan fingerprint density at radius 2 is 0.973 bits per heavy atom. The molecule has 4 saturated heterocycles. The Balaban J connectivity index is 1.18. The van der Waals surface area contributed by atoms with E-state index < -0.39 is 102 Å². The number of ether oxygens (including phenoxy) is 6. The van der Waals surface area contributed by atoms with Gasteiger partial charge in [0.2, 0.25) is 23.6 Å². The number of aliphatic hydroxyl groups is 4. The zero-order valence-electron chi connectivity index (χ0n) is 41.3. The van der Waals surface area contributed by atoms with E-state index in [-0.39, 0.29) is 163 Å². The van der Waals surface area contributed by atoms with Gasteiger partial charge in [0.25, 0.3) is 23.6 Å². The zero-order chi connectivity index (χ0) is 53.8. The van der Waals surface area contributed by atoms with Gasteiger partial charge in [-0.2, -0.15) is 0 Å². The van der Waals surface area contributed by atoms with Gasteiger partial charge in [0, 0.05) is 77.4 Å². The van der Waals surface area contributed by atoms with Gasteiger partial charge in [0.1, 0.15) is 0 Å². The molecule has 0 aromatic heterocycles. The topological polar surface area (TPSA) is 383 Å². The maximum Gasteiger partial charge on any atom is 0.335 e. The SMILES string of the molecule is O=C(CN(CC(=O)NCCO[C@H]1C[C@@H](O)C[C@@H](CO)O1)CC(=O)NCCO[C@H]1C[C@@H](O)C[C@@H](CO)O1)NCCCCCC(=O)NC(COCCC(=O)ON1C(=O)CCC1=O)COCCC(=O)ON1C(=O)CCC1=O. The molecule has 0 spiro atoms. The van der Waals surface area contributed by atoms with Crippen LogP contribution in [0, 0.1) is 0 Å². The standard InChI is InChI=1S/C45H71N7O22/c53-25-32-18-30(55)20-44(71-32)69-16-12-47-36(59)23-50(24-37(60)48-13-17-70-45-21-31(56)19-33(26-54)72-45)22-35(58)46-11-3-1-2-4-34(57)49-29(27-67-14-9-42(65)73-51-38(61)5-6-39(51)62)28-68-15-10-43(66)74-52-40(63)7-8-41(52)64/h29-33,44-45,53-56H,1-28H2,(H,46,58)(H,47,59)(H,48,60)(H,49,57)/t30-,31-,32-,33-,44+,45+/m0/s1. The summed E-state index contributed by atoms with van der Waals surface area (Å²) in [6.45, 7) is -2.08. The van der Waals surface area contributed by atoms with E-state index in [9.17, 15) is 68.4 Å². The molecular weight excluding hydrogens is 991 g/mol. The van der Waals surface area contributed by atoms with Gasteiger partial charge in [0.15, 0.2) is 12.6 Å². The molecule has 4 aliphatic rings. The highest BCUT2D eigenvalue weighted by molar-refractivity contribution is 6.02. The lowest BCUT2D eigenvalue weighted by molar-refractivity contribution is -0.221. The van der Waals surface area contributed by atoms with Crippen LogP contribution in [0.1, 0.15) is 89.9 Å². The molecule has 0 bridgehead atoms. The van der Waals surface area contributed by atoms with E-state index in [1.54, 1.807) is 0 Å². The van der Waals surface area contributed by atoms with Crippen LogP contribution in [-0.4, -0.2) is 230 Å². The fraction of sp³-hybridized carbons (Fsp3) is 0.778. The lowest BCUT2D eigenvalue weighted by Gasteiger charge is -2.32. The summed E-state index contributed by atoms with van der Waals surface area (Å²) in [6.07, 6.45) is -2.80. The van der Waals surface area contributed by atoms with Crippen molar-refractivity contribution in [2.24, 2.45) is 0 Å². The molecule has 29 nitrogen and oxygen atoms in total. The first-order chi connectivity index (χ1) is 35.5. The van der Waals surface area contributed by atoms with E-state index in [0.717, 1.165) is 0 Å². The van der Waals surface area contributed by atoms with Crippen molar-refractivity contribution in [1.29, 1.82) is 0 Å². The Morgan fingerprint density at radius 3 is 1.39 bits per heavy atom. The van der Waals surface area contributed by atoms with E-state index in [2.05, 4.69) is 21.3 Å². The molecule has 4 rings (SSSR count). The molecule has 4 heterocycles. The number of imide groups is 2. The predicted octanol–water partition coefficient (Wildman–Crippen LogP) is -4.54. The van der Waals surface area contributed by atoms with Crippen LogP contribution in [0.3, 0.4) is 0 Å². The van der Waals surface area contributed by atoms with Gasteiger partial charge in [-0.25, -0.2) is 9.59 Å². The van der Waals surface area contributed by atoms with Gasteiger partial charge < -0.3 is 79.8 Å². The molecule has 0 aromatic carbocycles. The number of hydroxylamine groups is 4. The van der Waals surface area contributed by atoms with Crippen molar-refractivity contribution in [2.45, 2.75) is 133 Å². The van der Waals surface area contributed by atoms with E-state index in [0.29, 0.717) is 29.4 Å². The number of amides is 8. The Labute approximate surface area is 426 Å². The third-order valence-corrected chi connectivity index (χ3v) is 11.4. The number of unbranched alkanes of at least 4 members (excludes halogenated alkanes) is 2. The van der Waals surface area contributed by atoms with Crippen molar-refractivity contribution in [3.05, 3.63) is 0 Å². The van der Waals surface area contributed by atoms with E-state index >= 15 is 0 Å². The van der Waals surface area contributed by atoms with Crippen LogP contribution < -0.4 is 21.3 Å². The van der Waals surface area contributed by atoms with Crippen molar-refractivity contribution in [2.75, 3.05) is 92.1 Å². The molecule has 8 amide bonds. The fourth-order valence-electron chi connectivity index (χ4n) is 7.67. The van der Waals surface area contributed by atoms with Gasteiger partial charge >= 0.3 is 11.9 Å². The fourth-order valence-corrected chi connectivity index (χ4v) is 7.67. The summed E-state index contributed by atoms with van der Waals surface area (Å²) in [5, 5.41) is 50.4. The number of hydrogen-bond donors (Lipinski definition) is 8. The molecule has 29 heteroatoms. The van der Waals surface area contributed by atoms with E-state index in [4.69, 9.17) is 38.1 Å². The van der Waals surface area contributed by atoms with Crippen LogP contribution in [0.25, 0.3) is 0 Å². The summed E-state index contributed by atoms with van der Waals surface area (Å²) in [5.41, 5.74) is 0. The van der Waals surface area contributed by atoms with Crippen LogP contribution in [0.4, 0.5) is 0 Å². The summed E-state index contributed by atoms with van der Waals surface area (Å²) >= 11 is 0. The first kappa shape index (κ1) is 61.2. The molecular formula is C45H71N7O22. The largest absolute Gasteiger partial charge is 0.394 e. The average molecular weight is 1060 g/mol. The van der Waals surface area contributed by atoms with Crippen LogP contribution in [0.5, 0.6) is 0 Å².